The van der Waals surface area contributed by atoms with E-state index in [9.17, 15) is 18.0 Å². The van der Waals surface area contributed by atoms with Crippen molar-refractivity contribution in [3.8, 4) is 5.69 Å². The van der Waals surface area contributed by atoms with Gasteiger partial charge in [0.15, 0.2) is 0 Å². The van der Waals surface area contributed by atoms with Gasteiger partial charge in [-0.3, -0.25) is 4.79 Å². The van der Waals surface area contributed by atoms with Crippen molar-refractivity contribution >= 4 is 12.0 Å². The zero-order chi connectivity index (χ0) is 21.0. The van der Waals surface area contributed by atoms with Gasteiger partial charge >= 0.3 is 6.18 Å². The summed E-state index contributed by atoms with van der Waals surface area (Å²) in [5.41, 5.74) is 1.59. The van der Waals surface area contributed by atoms with Crippen molar-refractivity contribution in [2.24, 2.45) is 0 Å². The normalized spacial score (nSPS) is 12.9. The predicted molar refractivity (Wildman–Crippen MR) is 103 cm³/mol. The van der Waals surface area contributed by atoms with E-state index >= 15 is 0 Å². The molecule has 8 heteroatoms. The lowest BCUT2D eigenvalue weighted by atomic mass is 10.1. The largest absolute Gasteiger partial charge is 0.416 e. The molecule has 0 aliphatic rings. The molecule has 0 N–H and O–H groups in total. The Kier molecular flexibility index (Phi) is 5.81. The summed E-state index contributed by atoms with van der Waals surface area (Å²) < 4.78 is 39.5. The smallest absolute Gasteiger partial charge is 0.335 e. The van der Waals surface area contributed by atoms with Gasteiger partial charge in [-0.2, -0.15) is 18.3 Å². The van der Waals surface area contributed by atoms with Crippen LogP contribution >= 0.6 is 0 Å². The number of carbonyl (C=O) groups excluding carboxylic acids is 1. The zero-order valence-corrected chi connectivity index (χ0v) is 15.8. The maximum atomic E-state index is 12.6. The molecule has 5 nitrogen and oxygen atoms in total. The van der Waals surface area contributed by atoms with Gasteiger partial charge in [0, 0.05) is 13.1 Å². The molecule has 0 spiro atoms. The number of halogens is 3. The van der Waals surface area contributed by atoms with Gasteiger partial charge in [0.1, 0.15) is 12.7 Å². The van der Waals surface area contributed by atoms with Crippen LogP contribution in [0.5, 0.6) is 0 Å². The fourth-order valence-electron chi connectivity index (χ4n) is 2.73. The van der Waals surface area contributed by atoms with Crippen molar-refractivity contribution in [3.63, 3.8) is 0 Å². The summed E-state index contributed by atoms with van der Waals surface area (Å²) in [4.78, 5) is 17.9. The second-order valence-electron chi connectivity index (χ2n) is 6.51. The van der Waals surface area contributed by atoms with Crippen LogP contribution in [0.1, 0.15) is 29.7 Å². The SMILES string of the molecule is C[C@H](c1ccc(-n2cncn2)cc1)N(C)C(=O)/C=C/c1ccc(C(F)(F)F)cc1. The molecule has 29 heavy (non-hydrogen) atoms. The fourth-order valence-corrected chi connectivity index (χ4v) is 2.73. The van der Waals surface area contributed by atoms with Gasteiger partial charge in [-0.05, 0) is 48.4 Å². The van der Waals surface area contributed by atoms with E-state index in [1.165, 1.54) is 30.6 Å². The number of aromatic nitrogens is 3. The summed E-state index contributed by atoms with van der Waals surface area (Å²) in [5, 5.41) is 4.07. The monoisotopic (exact) mass is 400 g/mol. The van der Waals surface area contributed by atoms with Crippen LogP contribution in [0, 0.1) is 0 Å². The van der Waals surface area contributed by atoms with Gasteiger partial charge in [0.25, 0.3) is 0 Å². The molecule has 1 heterocycles. The first-order valence-corrected chi connectivity index (χ1v) is 8.83. The lowest BCUT2D eigenvalue weighted by Crippen LogP contribution is -2.27. The first-order valence-electron chi connectivity index (χ1n) is 8.83. The summed E-state index contributed by atoms with van der Waals surface area (Å²) >= 11 is 0. The number of rotatable bonds is 5. The Bertz CT molecular complexity index is 978. The first-order chi connectivity index (χ1) is 13.8. The Morgan fingerprint density at radius 1 is 1.10 bits per heavy atom. The van der Waals surface area contributed by atoms with Crippen LogP contribution in [0.25, 0.3) is 11.8 Å². The van der Waals surface area contributed by atoms with Crippen molar-refractivity contribution in [1.29, 1.82) is 0 Å². The summed E-state index contributed by atoms with van der Waals surface area (Å²) in [6.45, 7) is 1.90. The van der Waals surface area contributed by atoms with Crippen molar-refractivity contribution in [2.75, 3.05) is 7.05 Å². The molecular formula is C21H19F3N4O. The number of hydrogen-bond donors (Lipinski definition) is 0. The lowest BCUT2D eigenvalue weighted by molar-refractivity contribution is -0.137. The molecule has 0 aliphatic heterocycles. The molecule has 1 amide bonds. The van der Waals surface area contributed by atoms with E-state index in [1.54, 1.807) is 23.0 Å². The Hall–Kier alpha value is -3.42. The minimum atomic E-state index is -4.38. The van der Waals surface area contributed by atoms with E-state index in [1.807, 2.05) is 31.2 Å². The minimum Gasteiger partial charge on any atom is -0.335 e. The number of alkyl halides is 3. The molecule has 3 aromatic rings. The maximum absolute atomic E-state index is 12.6. The Balaban J connectivity index is 1.65. The molecule has 0 bridgehead atoms. The van der Waals surface area contributed by atoms with E-state index in [0.29, 0.717) is 5.56 Å². The third-order valence-corrected chi connectivity index (χ3v) is 4.64. The van der Waals surface area contributed by atoms with E-state index in [-0.39, 0.29) is 11.9 Å². The molecule has 1 aromatic heterocycles. The maximum Gasteiger partial charge on any atom is 0.416 e. The average molecular weight is 400 g/mol. The van der Waals surface area contributed by atoms with Crippen molar-refractivity contribution in [1.82, 2.24) is 19.7 Å². The second-order valence-corrected chi connectivity index (χ2v) is 6.51. The Labute approximate surface area is 166 Å². The van der Waals surface area contributed by atoms with Crippen LogP contribution in [-0.2, 0) is 11.0 Å². The van der Waals surface area contributed by atoms with E-state index in [0.717, 1.165) is 23.4 Å². The van der Waals surface area contributed by atoms with Crippen molar-refractivity contribution < 1.29 is 18.0 Å². The second kappa shape index (κ2) is 8.30. The summed E-state index contributed by atoms with van der Waals surface area (Å²) in [5.74, 6) is -0.252. The van der Waals surface area contributed by atoms with Gasteiger partial charge in [-0.1, -0.05) is 24.3 Å². The molecule has 0 aliphatic carbocycles. The molecule has 2 aromatic carbocycles. The highest BCUT2D eigenvalue weighted by molar-refractivity contribution is 5.91. The van der Waals surface area contributed by atoms with Crippen LogP contribution < -0.4 is 0 Å². The third-order valence-electron chi connectivity index (χ3n) is 4.64. The Morgan fingerprint density at radius 2 is 1.76 bits per heavy atom. The number of hydrogen-bond acceptors (Lipinski definition) is 3. The number of benzene rings is 2. The summed E-state index contributed by atoms with van der Waals surface area (Å²) in [6, 6.07) is 12.0. The average Bonchev–Trinajstić information content (AvgIpc) is 3.25. The van der Waals surface area contributed by atoms with Crippen molar-refractivity contribution in [2.45, 2.75) is 19.1 Å². The Morgan fingerprint density at radius 3 is 2.31 bits per heavy atom. The summed E-state index contributed by atoms with van der Waals surface area (Å²) in [7, 11) is 1.68. The van der Waals surface area contributed by atoms with Gasteiger partial charge in [0.05, 0.1) is 17.3 Å². The molecule has 3 rings (SSSR count). The predicted octanol–water partition coefficient (Wildman–Crippen LogP) is 4.52. The fraction of sp³-hybridized carbons (Fsp3) is 0.190. The first kappa shape index (κ1) is 20.3. The zero-order valence-electron chi connectivity index (χ0n) is 15.8. The highest BCUT2D eigenvalue weighted by Crippen LogP contribution is 2.29. The molecule has 0 fully saturated rings. The van der Waals surface area contributed by atoms with Crippen LogP contribution in [-0.4, -0.2) is 32.6 Å². The van der Waals surface area contributed by atoms with Gasteiger partial charge in [-0.25, -0.2) is 9.67 Å². The number of amides is 1. The number of carbonyl (C=O) groups is 1. The molecule has 150 valence electrons. The standard InChI is InChI=1S/C21H19F3N4O/c1-15(17-6-10-19(11-7-17)28-14-25-13-26-28)27(2)20(29)12-5-16-3-8-18(9-4-16)21(22,23)24/h3-15H,1-2H3/b12-5+/t15-/m1/s1. The third kappa shape index (κ3) is 4.90. The highest BCUT2D eigenvalue weighted by Gasteiger charge is 2.29. The molecular weight excluding hydrogens is 381 g/mol. The molecule has 0 unspecified atom stereocenters. The van der Waals surface area contributed by atoms with Gasteiger partial charge in [0.2, 0.25) is 5.91 Å². The van der Waals surface area contributed by atoms with Crippen molar-refractivity contribution in [3.05, 3.63) is 84.0 Å². The molecule has 0 radical (unpaired) electrons. The summed E-state index contributed by atoms with van der Waals surface area (Å²) in [6.07, 6.45) is 1.52. The van der Waals surface area contributed by atoms with E-state index < -0.39 is 11.7 Å². The minimum absolute atomic E-state index is 0.190. The number of likely N-dealkylation sites (N-methyl/N-ethyl adjacent to an activating group) is 1. The van der Waals surface area contributed by atoms with Crippen LogP contribution in [0.3, 0.4) is 0 Å². The lowest BCUT2D eigenvalue weighted by Gasteiger charge is -2.24. The van der Waals surface area contributed by atoms with Gasteiger partial charge in [-0.15, -0.1) is 0 Å². The van der Waals surface area contributed by atoms with Crippen LogP contribution in [0.15, 0.2) is 67.3 Å². The van der Waals surface area contributed by atoms with E-state index in [4.69, 9.17) is 0 Å². The van der Waals surface area contributed by atoms with Crippen LogP contribution in [0.2, 0.25) is 0 Å². The van der Waals surface area contributed by atoms with E-state index in [2.05, 4.69) is 10.1 Å². The highest BCUT2D eigenvalue weighted by atomic mass is 19.4. The topological polar surface area (TPSA) is 51.0 Å². The molecule has 0 saturated carbocycles. The van der Waals surface area contributed by atoms with Crippen LogP contribution in [0.4, 0.5) is 13.2 Å². The van der Waals surface area contributed by atoms with Gasteiger partial charge < -0.3 is 4.90 Å². The quantitative estimate of drug-likeness (QED) is 0.592. The molecule has 0 saturated heterocycles. The molecule has 1 atom stereocenters. The number of nitrogens with zero attached hydrogens (tertiary/aromatic N) is 4.